The van der Waals surface area contributed by atoms with Gasteiger partial charge in [0.05, 0.1) is 4.47 Å². The Bertz CT molecular complexity index is 544. The summed E-state index contributed by atoms with van der Waals surface area (Å²) in [4.78, 5) is 4.39. The SMILES string of the molecule is NC(=S)COc1ccc2cnccc2c1Br. The van der Waals surface area contributed by atoms with Gasteiger partial charge in [0, 0.05) is 23.2 Å². The number of rotatable bonds is 3. The van der Waals surface area contributed by atoms with Crippen LogP contribution < -0.4 is 10.5 Å². The van der Waals surface area contributed by atoms with E-state index in [0.29, 0.717) is 4.99 Å². The topological polar surface area (TPSA) is 48.1 Å². The lowest BCUT2D eigenvalue weighted by Crippen LogP contribution is -2.17. The fraction of sp³-hybridized carbons (Fsp3) is 0.0909. The molecule has 2 aromatic rings. The zero-order chi connectivity index (χ0) is 11.5. The average molecular weight is 297 g/mol. The van der Waals surface area contributed by atoms with E-state index in [-0.39, 0.29) is 6.61 Å². The van der Waals surface area contributed by atoms with Gasteiger partial charge in [-0.25, -0.2) is 0 Å². The lowest BCUT2D eigenvalue weighted by atomic mass is 10.2. The number of pyridine rings is 1. The Morgan fingerprint density at radius 1 is 1.44 bits per heavy atom. The Hall–Kier alpha value is -1.20. The molecule has 1 heterocycles. The first-order valence-corrected chi connectivity index (χ1v) is 5.82. The molecule has 16 heavy (non-hydrogen) atoms. The molecule has 0 atom stereocenters. The first-order chi connectivity index (χ1) is 7.68. The van der Waals surface area contributed by atoms with Gasteiger partial charge in [0.25, 0.3) is 0 Å². The van der Waals surface area contributed by atoms with Crippen LogP contribution >= 0.6 is 28.1 Å². The number of fused-ring (bicyclic) bond motifs is 1. The highest BCUT2D eigenvalue weighted by atomic mass is 79.9. The Kier molecular flexibility index (Phi) is 3.36. The number of aromatic nitrogens is 1. The fourth-order valence-electron chi connectivity index (χ4n) is 1.37. The molecule has 3 nitrogen and oxygen atoms in total. The molecule has 0 aliphatic heterocycles. The molecule has 0 saturated heterocycles. The molecule has 0 radical (unpaired) electrons. The number of nitrogens with zero attached hydrogens (tertiary/aromatic N) is 1. The third kappa shape index (κ3) is 2.31. The molecule has 0 unspecified atom stereocenters. The second-order valence-electron chi connectivity index (χ2n) is 3.23. The van der Waals surface area contributed by atoms with E-state index in [0.717, 1.165) is 21.0 Å². The minimum absolute atomic E-state index is 0.241. The van der Waals surface area contributed by atoms with Gasteiger partial charge in [-0.1, -0.05) is 12.2 Å². The molecule has 2 rings (SSSR count). The van der Waals surface area contributed by atoms with Crippen LogP contribution in [0.4, 0.5) is 0 Å². The van der Waals surface area contributed by atoms with Crippen molar-refractivity contribution in [2.75, 3.05) is 6.61 Å². The van der Waals surface area contributed by atoms with Gasteiger partial charge in [0.15, 0.2) is 0 Å². The van der Waals surface area contributed by atoms with Crippen molar-refractivity contribution in [3.63, 3.8) is 0 Å². The zero-order valence-corrected chi connectivity index (χ0v) is 10.7. The Labute approximate surface area is 107 Å². The maximum absolute atomic E-state index is 5.47. The van der Waals surface area contributed by atoms with Crippen LogP contribution in [0.1, 0.15) is 0 Å². The zero-order valence-electron chi connectivity index (χ0n) is 8.31. The fourth-order valence-corrected chi connectivity index (χ4v) is 2.04. The second kappa shape index (κ2) is 4.76. The standard InChI is InChI=1S/C11H9BrN2OS/c12-11-8-3-4-14-5-7(8)1-2-9(11)15-6-10(13)16/h1-5H,6H2,(H2,13,16). The number of hydrogen-bond acceptors (Lipinski definition) is 3. The molecule has 1 aromatic heterocycles. The van der Waals surface area contributed by atoms with Crippen LogP contribution in [0.2, 0.25) is 0 Å². The largest absolute Gasteiger partial charge is 0.485 e. The van der Waals surface area contributed by atoms with Crippen molar-refractivity contribution in [2.45, 2.75) is 0 Å². The number of benzene rings is 1. The molecular formula is C11H9BrN2OS. The predicted molar refractivity (Wildman–Crippen MR) is 71.7 cm³/mol. The minimum Gasteiger partial charge on any atom is -0.485 e. The van der Waals surface area contributed by atoms with Gasteiger partial charge in [0.2, 0.25) is 0 Å². The Morgan fingerprint density at radius 2 is 2.25 bits per heavy atom. The average Bonchev–Trinajstić information content (AvgIpc) is 2.28. The molecule has 0 amide bonds. The van der Waals surface area contributed by atoms with Gasteiger partial charge in [-0.3, -0.25) is 4.98 Å². The van der Waals surface area contributed by atoms with E-state index in [1.807, 2.05) is 18.2 Å². The van der Waals surface area contributed by atoms with Crippen molar-refractivity contribution in [1.82, 2.24) is 4.98 Å². The molecule has 0 aliphatic carbocycles. The molecule has 0 fully saturated rings. The third-order valence-corrected chi connectivity index (χ3v) is 3.02. The summed E-state index contributed by atoms with van der Waals surface area (Å²) in [6.45, 7) is 0.241. The minimum atomic E-state index is 0.241. The van der Waals surface area contributed by atoms with E-state index in [4.69, 9.17) is 22.7 Å². The summed E-state index contributed by atoms with van der Waals surface area (Å²) >= 11 is 8.26. The summed E-state index contributed by atoms with van der Waals surface area (Å²) in [5.74, 6) is 0.728. The Balaban J connectivity index is 2.40. The van der Waals surface area contributed by atoms with Crippen LogP contribution in [0.25, 0.3) is 10.8 Å². The van der Waals surface area contributed by atoms with E-state index >= 15 is 0 Å². The van der Waals surface area contributed by atoms with Crippen molar-refractivity contribution in [2.24, 2.45) is 5.73 Å². The van der Waals surface area contributed by atoms with Crippen molar-refractivity contribution in [3.05, 3.63) is 35.1 Å². The van der Waals surface area contributed by atoms with E-state index in [1.54, 1.807) is 12.4 Å². The van der Waals surface area contributed by atoms with Gasteiger partial charge >= 0.3 is 0 Å². The highest BCUT2D eigenvalue weighted by Gasteiger charge is 2.06. The summed E-state index contributed by atoms with van der Waals surface area (Å²) in [5.41, 5.74) is 5.38. The van der Waals surface area contributed by atoms with E-state index in [1.165, 1.54) is 0 Å². The van der Waals surface area contributed by atoms with Crippen molar-refractivity contribution < 1.29 is 4.74 Å². The first kappa shape index (κ1) is 11.3. The van der Waals surface area contributed by atoms with Crippen LogP contribution in [0.5, 0.6) is 5.75 Å². The third-order valence-electron chi connectivity index (χ3n) is 2.09. The predicted octanol–water partition coefficient (Wildman–Crippen LogP) is 2.66. The molecule has 0 saturated carbocycles. The van der Waals surface area contributed by atoms with Crippen LogP contribution in [0.15, 0.2) is 35.1 Å². The number of halogens is 1. The second-order valence-corrected chi connectivity index (χ2v) is 4.55. The lowest BCUT2D eigenvalue weighted by Gasteiger charge is -2.09. The summed E-state index contributed by atoms with van der Waals surface area (Å²) in [5, 5.41) is 2.10. The maximum Gasteiger partial charge on any atom is 0.138 e. The molecule has 0 aliphatic rings. The summed E-state index contributed by atoms with van der Waals surface area (Å²) in [6.07, 6.45) is 3.54. The normalized spacial score (nSPS) is 10.3. The van der Waals surface area contributed by atoms with Crippen LogP contribution in [-0.2, 0) is 0 Å². The monoisotopic (exact) mass is 296 g/mol. The molecule has 1 aromatic carbocycles. The molecule has 5 heteroatoms. The number of thiocarbonyl (C=S) groups is 1. The van der Waals surface area contributed by atoms with Crippen LogP contribution in [0, 0.1) is 0 Å². The van der Waals surface area contributed by atoms with Crippen molar-refractivity contribution in [3.8, 4) is 5.75 Å². The summed E-state index contributed by atoms with van der Waals surface area (Å²) in [6, 6.07) is 5.74. The van der Waals surface area contributed by atoms with Crippen molar-refractivity contribution in [1.29, 1.82) is 0 Å². The number of hydrogen-bond donors (Lipinski definition) is 1. The summed E-state index contributed by atoms with van der Waals surface area (Å²) < 4.78 is 6.37. The number of ether oxygens (including phenoxy) is 1. The molecule has 0 bridgehead atoms. The molecule has 2 N–H and O–H groups in total. The maximum atomic E-state index is 5.47. The highest BCUT2D eigenvalue weighted by molar-refractivity contribution is 9.10. The smallest absolute Gasteiger partial charge is 0.138 e. The molecule has 0 spiro atoms. The van der Waals surface area contributed by atoms with Gasteiger partial charge in [-0.15, -0.1) is 0 Å². The van der Waals surface area contributed by atoms with Crippen LogP contribution in [-0.4, -0.2) is 16.6 Å². The molecular weight excluding hydrogens is 288 g/mol. The Morgan fingerprint density at radius 3 is 3.00 bits per heavy atom. The lowest BCUT2D eigenvalue weighted by molar-refractivity contribution is 0.376. The summed E-state index contributed by atoms with van der Waals surface area (Å²) in [7, 11) is 0. The van der Waals surface area contributed by atoms with Crippen molar-refractivity contribution >= 4 is 43.9 Å². The van der Waals surface area contributed by atoms with Gasteiger partial charge in [0.1, 0.15) is 17.3 Å². The van der Waals surface area contributed by atoms with Gasteiger partial charge in [-0.2, -0.15) is 0 Å². The van der Waals surface area contributed by atoms with E-state index in [9.17, 15) is 0 Å². The number of nitrogens with two attached hydrogens (primary N) is 1. The quantitative estimate of drug-likeness (QED) is 0.885. The van der Waals surface area contributed by atoms with E-state index < -0.39 is 0 Å². The van der Waals surface area contributed by atoms with Crippen LogP contribution in [0.3, 0.4) is 0 Å². The first-order valence-electron chi connectivity index (χ1n) is 4.62. The van der Waals surface area contributed by atoms with E-state index in [2.05, 4.69) is 20.9 Å². The van der Waals surface area contributed by atoms with Gasteiger partial charge < -0.3 is 10.5 Å². The van der Waals surface area contributed by atoms with Gasteiger partial charge in [-0.05, 0) is 34.1 Å². The molecule has 82 valence electrons. The highest BCUT2D eigenvalue weighted by Crippen LogP contribution is 2.32.